The zero-order valence-corrected chi connectivity index (χ0v) is 11.2. The fourth-order valence-corrected chi connectivity index (χ4v) is 1.21. The van der Waals surface area contributed by atoms with E-state index >= 15 is 0 Å². The van der Waals surface area contributed by atoms with E-state index in [-0.39, 0.29) is 5.97 Å². The third-order valence-electron chi connectivity index (χ3n) is 2.29. The Morgan fingerprint density at radius 1 is 1.12 bits per heavy atom. The summed E-state index contributed by atoms with van der Waals surface area (Å²) in [6, 6.07) is 0. The third-order valence-corrected chi connectivity index (χ3v) is 2.29. The highest BCUT2D eigenvalue weighted by Gasteiger charge is 2.05. The third kappa shape index (κ3) is 8.89. The highest BCUT2D eigenvalue weighted by Crippen LogP contribution is 2.02. The standard InChI is InChI=1S/C13H24O4/c1-4-6-8-16-10-11-17-9-7-12(5-2)13(14)15-3/h7H,4-6,8-11H2,1-3H3. The van der Waals surface area contributed by atoms with Crippen molar-refractivity contribution in [2.45, 2.75) is 33.1 Å². The molecule has 0 aliphatic heterocycles. The van der Waals surface area contributed by atoms with Gasteiger partial charge in [-0.1, -0.05) is 20.3 Å². The van der Waals surface area contributed by atoms with E-state index in [2.05, 4.69) is 11.7 Å². The molecular weight excluding hydrogens is 220 g/mol. The Morgan fingerprint density at radius 2 is 1.82 bits per heavy atom. The molecule has 0 spiro atoms. The lowest BCUT2D eigenvalue weighted by atomic mass is 10.2. The van der Waals surface area contributed by atoms with Gasteiger partial charge < -0.3 is 14.2 Å². The number of unbranched alkanes of at least 4 members (excludes halogenated alkanes) is 1. The van der Waals surface area contributed by atoms with E-state index < -0.39 is 0 Å². The summed E-state index contributed by atoms with van der Waals surface area (Å²) in [6.07, 6.45) is 4.64. The minimum absolute atomic E-state index is 0.282. The summed E-state index contributed by atoms with van der Waals surface area (Å²) in [6.45, 7) is 6.42. The molecule has 4 heteroatoms. The maximum Gasteiger partial charge on any atom is 0.333 e. The maximum atomic E-state index is 11.2. The molecule has 0 saturated carbocycles. The smallest absolute Gasteiger partial charge is 0.333 e. The van der Waals surface area contributed by atoms with Crippen molar-refractivity contribution in [1.82, 2.24) is 0 Å². The lowest BCUT2D eigenvalue weighted by Crippen LogP contribution is -2.08. The monoisotopic (exact) mass is 244 g/mol. The minimum Gasteiger partial charge on any atom is -0.466 e. The molecule has 0 amide bonds. The number of carbonyl (C=O) groups excluding carboxylic acids is 1. The minimum atomic E-state index is -0.282. The van der Waals surface area contributed by atoms with E-state index in [1.54, 1.807) is 6.08 Å². The van der Waals surface area contributed by atoms with Crippen LogP contribution in [-0.4, -0.2) is 39.5 Å². The van der Waals surface area contributed by atoms with Gasteiger partial charge in [0, 0.05) is 12.2 Å². The van der Waals surface area contributed by atoms with Gasteiger partial charge in [-0.2, -0.15) is 0 Å². The summed E-state index contributed by atoms with van der Waals surface area (Å²) >= 11 is 0. The van der Waals surface area contributed by atoms with Gasteiger partial charge in [0.15, 0.2) is 0 Å². The van der Waals surface area contributed by atoms with E-state index in [1.165, 1.54) is 7.11 Å². The summed E-state index contributed by atoms with van der Waals surface area (Å²) in [5.74, 6) is -0.282. The number of esters is 1. The van der Waals surface area contributed by atoms with E-state index in [4.69, 9.17) is 9.47 Å². The molecule has 0 radical (unpaired) electrons. The van der Waals surface area contributed by atoms with Gasteiger partial charge in [0.1, 0.15) is 0 Å². The molecule has 17 heavy (non-hydrogen) atoms. The zero-order chi connectivity index (χ0) is 12.9. The van der Waals surface area contributed by atoms with Gasteiger partial charge in [-0.25, -0.2) is 4.79 Å². The van der Waals surface area contributed by atoms with E-state index in [9.17, 15) is 4.79 Å². The first kappa shape index (κ1) is 16.1. The molecule has 0 aromatic heterocycles. The largest absolute Gasteiger partial charge is 0.466 e. The quantitative estimate of drug-likeness (QED) is 0.336. The lowest BCUT2D eigenvalue weighted by Gasteiger charge is -2.05. The molecule has 0 aromatic carbocycles. The summed E-state index contributed by atoms with van der Waals surface area (Å²) in [5.41, 5.74) is 0.652. The van der Waals surface area contributed by atoms with Crippen molar-refractivity contribution in [2.75, 3.05) is 33.5 Å². The molecule has 0 aromatic rings. The van der Waals surface area contributed by atoms with Crippen LogP contribution in [-0.2, 0) is 19.0 Å². The van der Waals surface area contributed by atoms with Crippen LogP contribution in [0.15, 0.2) is 11.6 Å². The van der Waals surface area contributed by atoms with Gasteiger partial charge in [-0.3, -0.25) is 0 Å². The highest BCUT2D eigenvalue weighted by atomic mass is 16.5. The average Bonchev–Trinajstić information content (AvgIpc) is 2.36. The van der Waals surface area contributed by atoms with Crippen molar-refractivity contribution in [1.29, 1.82) is 0 Å². The predicted octanol–water partition coefficient (Wildman–Crippen LogP) is 2.33. The van der Waals surface area contributed by atoms with Gasteiger partial charge in [-0.05, 0) is 18.9 Å². The molecule has 0 heterocycles. The molecular formula is C13H24O4. The molecule has 4 nitrogen and oxygen atoms in total. The van der Waals surface area contributed by atoms with Crippen molar-refractivity contribution in [3.8, 4) is 0 Å². The topological polar surface area (TPSA) is 44.8 Å². The molecule has 0 aliphatic rings. The number of rotatable bonds is 10. The Balaban J connectivity index is 3.53. The Morgan fingerprint density at radius 3 is 2.41 bits per heavy atom. The van der Waals surface area contributed by atoms with Crippen LogP contribution in [0.4, 0.5) is 0 Å². The molecule has 0 aliphatic carbocycles. The van der Waals surface area contributed by atoms with Crippen LogP contribution in [0.2, 0.25) is 0 Å². The van der Waals surface area contributed by atoms with Crippen LogP contribution in [0.5, 0.6) is 0 Å². The second-order valence-corrected chi connectivity index (χ2v) is 3.62. The van der Waals surface area contributed by atoms with Gasteiger partial charge in [0.05, 0.1) is 26.9 Å². The van der Waals surface area contributed by atoms with Crippen molar-refractivity contribution < 1.29 is 19.0 Å². The number of hydrogen-bond acceptors (Lipinski definition) is 4. The highest BCUT2D eigenvalue weighted by molar-refractivity contribution is 5.88. The lowest BCUT2D eigenvalue weighted by molar-refractivity contribution is -0.136. The van der Waals surface area contributed by atoms with Crippen LogP contribution in [0, 0.1) is 0 Å². The zero-order valence-electron chi connectivity index (χ0n) is 11.2. The summed E-state index contributed by atoms with van der Waals surface area (Å²) in [5, 5.41) is 0. The van der Waals surface area contributed by atoms with Crippen molar-refractivity contribution in [2.24, 2.45) is 0 Å². The molecule has 0 rings (SSSR count). The van der Waals surface area contributed by atoms with Gasteiger partial charge in [0.2, 0.25) is 0 Å². The van der Waals surface area contributed by atoms with Crippen molar-refractivity contribution in [3.63, 3.8) is 0 Å². The maximum absolute atomic E-state index is 11.2. The second-order valence-electron chi connectivity index (χ2n) is 3.62. The van der Waals surface area contributed by atoms with Crippen molar-refractivity contribution in [3.05, 3.63) is 11.6 Å². The Hall–Kier alpha value is -0.870. The number of ether oxygens (including phenoxy) is 3. The van der Waals surface area contributed by atoms with Crippen LogP contribution in [0.3, 0.4) is 0 Å². The first-order valence-electron chi connectivity index (χ1n) is 6.19. The Labute approximate surface area is 104 Å². The van der Waals surface area contributed by atoms with Crippen LogP contribution < -0.4 is 0 Å². The predicted molar refractivity (Wildman–Crippen MR) is 66.9 cm³/mol. The Kier molecular flexibility index (Phi) is 11.0. The number of carbonyl (C=O) groups is 1. The normalized spacial score (nSPS) is 11.6. The van der Waals surface area contributed by atoms with Gasteiger partial charge in [0.25, 0.3) is 0 Å². The van der Waals surface area contributed by atoms with E-state index in [0.29, 0.717) is 31.8 Å². The first-order chi connectivity index (χ1) is 8.26. The van der Waals surface area contributed by atoms with Gasteiger partial charge >= 0.3 is 5.97 Å². The Bertz CT molecular complexity index is 223. The summed E-state index contributed by atoms with van der Waals surface area (Å²) in [7, 11) is 1.38. The fraction of sp³-hybridized carbons (Fsp3) is 0.769. The number of hydrogen-bond donors (Lipinski definition) is 0. The molecule has 0 unspecified atom stereocenters. The SMILES string of the molecule is CCCCOCCOCC=C(CC)C(=O)OC. The van der Waals surface area contributed by atoms with Crippen LogP contribution in [0.1, 0.15) is 33.1 Å². The molecule has 0 fully saturated rings. The molecule has 0 atom stereocenters. The van der Waals surface area contributed by atoms with Crippen molar-refractivity contribution >= 4 is 5.97 Å². The average molecular weight is 244 g/mol. The second kappa shape index (κ2) is 11.6. The first-order valence-corrected chi connectivity index (χ1v) is 6.19. The summed E-state index contributed by atoms with van der Waals surface area (Å²) in [4.78, 5) is 11.2. The van der Waals surface area contributed by atoms with Crippen LogP contribution in [0.25, 0.3) is 0 Å². The fourth-order valence-electron chi connectivity index (χ4n) is 1.21. The summed E-state index contributed by atoms with van der Waals surface area (Å²) < 4.78 is 15.3. The molecule has 100 valence electrons. The molecule has 0 N–H and O–H groups in total. The molecule has 0 bridgehead atoms. The van der Waals surface area contributed by atoms with E-state index in [1.807, 2.05) is 6.92 Å². The number of methoxy groups -OCH3 is 1. The van der Waals surface area contributed by atoms with Gasteiger partial charge in [-0.15, -0.1) is 0 Å². The van der Waals surface area contributed by atoms with E-state index in [0.717, 1.165) is 19.4 Å². The molecule has 0 saturated heterocycles. The van der Waals surface area contributed by atoms with Crippen LogP contribution >= 0.6 is 0 Å².